The molecule has 0 radical (unpaired) electrons. The van der Waals surface area contributed by atoms with Gasteiger partial charge in [-0.05, 0) is 37.4 Å². The summed E-state index contributed by atoms with van der Waals surface area (Å²) < 4.78 is 6.54. The molecular weight excluding hydrogens is 292 g/mol. The highest BCUT2D eigenvalue weighted by Gasteiger charge is 2.08. The van der Waals surface area contributed by atoms with Gasteiger partial charge in [0.2, 0.25) is 0 Å². The maximum Gasteiger partial charge on any atom is 0.338 e. The Morgan fingerprint density at radius 3 is 2.81 bits per heavy atom. The topological polar surface area (TPSA) is 84.3 Å². The van der Waals surface area contributed by atoms with Crippen LogP contribution in [0.4, 0.5) is 0 Å². The van der Waals surface area contributed by atoms with Crippen molar-refractivity contribution in [3.05, 3.63) is 62.4 Å². The summed E-state index contributed by atoms with van der Waals surface area (Å²) in [5.41, 5.74) is 0.434. The third-order valence-electron chi connectivity index (χ3n) is 2.74. The number of rotatable bonds is 5. The van der Waals surface area contributed by atoms with Gasteiger partial charge in [0.1, 0.15) is 0 Å². The molecule has 7 heteroatoms. The monoisotopic (exact) mass is 308 g/mol. The lowest BCUT2D eigenvalue weighted by atomic mass is 10.2. The van der Waals surface area contributed by atoms with E-state index in [-0.39, 0.29) is 12.2 Å². The van der Waals surface area contributed by atoms with Crippen molar-refractivity contribution in [3.63, 3.8) is 0 Å². The summed E-state index contributed by atoms with van der Waals surface area (Å²) in [6.07, 6.45) is 0.638. The largest absolute Gasteiger partial charge is 0.368 e. The van der Waals surface area contributed by atoms with Gasteiger partial charge in [0.15, 0.2) is 6.29 Å². The smallest absolute Gasteiger partial charge is 0.338 e. The molecule has 0 saturated heterocycles. The molecule has 2 aromatic rings. The molecule has 112 valence electrons. The van der Waals surface area contributed by atoms with Crippen molar-refractivity contribution in [1.82, 2.24) is 8.96 Å². The van der Waals surface area contributed by atoms with Crippen LogP contribution < -0.4 is 11.2 Å². The van der Waals surface area contributed by atoms with E-state index in [0.29, 0.717) is 5.56 Å². The second kappa shape index (κ2) is 6.75. The van der Waals surface area contributed by atoms with Gasteiger partial charge in [0.05, 0.1) is 6.61 Å². The Labute approximate surface area is 125 Å². The first kappa shape index (κ1) is 15.6. The van der Waals surface area contributed by atoms with Gasteiger partial charge in [-0.2, -0.15) is 0 Å². The molecule has 1 heterocycles. The number of benzene rings is 1. The molecule has 0 aliphatic carbocycles. The maximum absolute atomic E-state index is 11.8. The average molecular weight is 308 g/mol. The molecule has 6 nitrogen and oxygen atoms in total. The summed E-state index contributed by atoms with van der Waals surface area (Å²) in [5.74, 6) is 0. The van der Waals surface area contributed by atoms with Gasteiger partial charge in [-0.15, -0.1) is 0 Å². The van der Waals surface area contributed by atoms with E-state index in [1.54, 1.807) is 6.92 Å². The average Bonchev–Trinajstić information content (AvgIpc) is 2.43. The molecule has 0 aliphatic rings. The van der Waals surface area contributed by atoms with E-state index in [0.717, 1.165) is 10.5 Å². The van der Waals surface area contributed by atoms with E-state index < -0.39 is 12.0 Å². The van der Waals surface area contributed by atoms with Crippen molar-refractivity contribution in [2.75, 3.05) is 0 Å². The van der Waals surface area contributed by atoms with Crippen molar-refractivity contribution in [2.24, 2.45) is 0 Å². The minimum absolute atomic E-state index is 0.234. The van der Waals surface area contributed by atoms with E-state index >= 15 is 0 Å². The highest BCUT2D eigenvalue weighted by atomic mass is 32.2. The van der Waals surface area contributed by atoms with Gasteiger partial charge in [0, 0.05) is 16.7 Å². The van der Waals surface area contributed by atoms with Crippen LogP contribution in [-0.4, -0.2) is 20.4 Å². The zero-order valence-electron chi connectivity index (χ0n) is 11.7. The highest BCUT2D eigenvalue weighted by molar-refractivity contribution is 7.97. The molecule has 2 rings (SSSR count). The number of ether oxygens (including phenoxy) is 1. The third kappa shape index (κ3) is 4.07. The van der Waals surface area contributed by atoms with Crippen LogP contribution in [0.25, 0.3) is 0 Å². The van der Waals surface area contributed by atoms with Crippen LogP contribution in [0.5, 0.6) is 0 Å². The van der Waals surface area contributed by atoms with Crippen molar-refractivity contribution in [2.45, 2.75) is 31.6 Å². The van der Waals surface area contributed by atoms with Crippen LogP contribution >= 0.6 is 11.9 Å². The van der Waals surface area contributed by atoms with Crippen molar-refractivity contribution >= 4 is 11.9 Å². The number of aliphatic hydroxyl groups is 1. The fourth-order valence-electron chi connectivity index (χ4n) is 1.64. The molecule has 0 spiro atoms. The van der Waals surface area contributed by atoms with Crippen LogP contribution in [0.15, 0.2) is 44.9 Å². The number of nitrogens with zero attached hydrogens (tertiary/aromatic N) is 1. The van der Waals surface area contributed by atoms with Crippen LogP contribution in [-0.2, 0) is 11.3 Å². The number of hydrogen-bond acceptors (Lipinski definition) is 5. The van der Waals surface area contributed by atoms with Crippen LogP contribution in [0, 0.1) is 6.92 Å². The molecule has 2 N–H and O–H groups in total. The number of nitrogens with one attached hydrogen (secondary N) is 1. The minimum Gasteiger partial charge on any atom is -0.368 e. The fraction of sp³-hybridized carbons (Fsp3) is 0.286. The minimum atomic E-state index is -0.860. The molecule has 1 aromatic heterocycles. The lowest BCUT2D eigenvalue weighted by Gasteiger charge is -2.12. The van der Waals surface area contributed by atoms with Crippen LogP contribution in [0.2, 0.25) is 0 Å². The molecule has 0 saturated carbocycles. The summed E-state index contributed by atoms with van der Waals surface area (Å²) in [7, 11) is 0. The molecule has 0 fully saturated rings. The van der Waals surface area contributed by atoms with Gasteiger partial charge in [0.25, 0.3) is 5.56 Å². The summed E-state index contributed by atoms with van der Waals surface area (Å²) in [4.78, 5) is 26.2. The molecule has 0 amide bonds. The standard InChI is InChI=1S/C14H16N2O4S/c1-9-7-16(14(19)15-13(9)18)21-12-6-4-3-5-11(12)8-20-10(2)17/h3-7,10,17H,8H2,1-2H3,(H,15,18,19). The predicted molar refractivity (Wildman–Crippen MR) is 80.2 cm³/mol. The number of aromatic nitrogens is 2. The van der Waals surface area contributed by atoms with Gasteiger partial charge < -0.3 is 9.84 Å². The molecule has 0 aliphatic heterocycles. The Morgan fingerprint density at radius 2 is 2.10 bits per heavy atom. The summed E-state index contributed by atoms with van der Waals surface area (Å²) in [6, 6.07) is 7.40. The fourth-order valence-corrected chi connectivity index (χ4v) is 2.58. The van der Waals surface area contributed by atoms with Crippen molar-refractivity contribution in [1.29, 1.82) is 0 Å². The van der Waals surface area contributed by atoms with E-state index in [1.807, 2.05) is 24.3 Å². The van der Waals surface area contributed by atoms with Crippen molar-refractivity contribution in [3.8, 4) is 0 Å². The lowest BCUT2D eigenvalue weighted by Crippen LogP contribution is -2.28. The summed E-state index contributed by atoms with van der Waals surface area (Å²) >= 11 is 1.19. The maximum atomic E-state index is 11.8. The lowest BCUT2D eigenvalue weighted by molar-refractivity contribution is -0.0945. The van der Waals surface area contributed by atoms with E-state index in [1.165, 1.54) is 29.0 Å². The van der Waals surface area contributed by atoms with Crippen LogP contribution in [0.1, 0.15) is 18.1 Å². The Morgan fingerprint density at radius 1 is 1.38 bits per heavy atom. The van der Waals surface area contributed by atoms with Gasteiger partial charge in [-0.1, -0.05) is 18.2 Å². The summed E-state index contributed by atoms with van der Waals surface area (Å²) in [5, 5.41) is 9.18. The van der Waals surface area contributed by atoms with E-state index in [2.05, 4.69) is 4.98 Å². The highest BCUT2D eigenvalue weighted by Crippen LogP contribution is 2.23. The first-order chi connectivity index (χ1) is 9.97. The first-order valence-electron chi connectivity index (χ1n) is 6.36. The number of hydrogen-bond donors (Lipinski definition) is 2. The molecule has 1 unspecified atom stereocenters. The van der Waals surface area contributed by atoms with Crippen LogP contribution in [0.3, 0.4) is 0 Å². The number of aliphatic hydroxyl groups excluding tert-OH is 1. The van der Waals surface area contributed by atoms with E-state index in [4.69, 9.17) is 4.74 Å². The Hall–Kier alpha value is -1.83. The molecule has 1 aromatic carbocycles. The second-order valence-electron chi connectivity index (χ2n) is 4.51. The summed E-state index contributed by atoms with van der Waals surface area (Å²) in [6.45, 7) is 3.40. The quantitative estimate of drug-likeness (QED) is 0.812. The molecule has 21 heavy (non-hydrogen) atoms. The zero-order chi connectivity index (χ0) is 15.4. The third-order valence-corrected chi connectivity index (χ3v) is 3.80. The predicted octanol–water partition coefficient (Wildman–Crippen LogP) is 1.26. The van der Waals surface area contributed by atoms with Crippen molar-refractivity contribution < 1.29 is 9.84 Å². The first-order valence-corrected chi connectivity index (χ1v) is 7.13. The molecule has 1 atom stereocenters. The van der Waals surface area contributed by atoms with E-state index in [9.17, 15) is 14.7 Å². The molecular formula is C14H16N2O4S. The van der Waals surface area contributed by atoms with Gasteiger partial charge in [-0.25, -0.2) is 8.77 Å². The Bertz CT molecular complexity index is 736. The number of H-pyrrole nitrogens is 1. The number of aryl methyl sites for hydroxylation is 1. The normalized spacial score (nSPS) is 12.3. The van der Waals surface area contributed by atoms with Gasteiger partial charge in [-0.3, -0.25) is 9.78 Å². The second-order valence-corrected chi connectivity index (χ2v) is 5.52. The van der Waals surface area contributed by atoms with Gasteiger partial charge >= 0.3 is 5.69 Å². The molecule has 0 bridgehead atoms. The SMILES string of the molecule is Cc1cn(Sc2ccccc2COC(C)O)c(=O)[nH]c1=O. The Balaban J connectivity index is 2.30. The zero-order valence-corrected chi connectivity index (χ0v) is 12.5. The Kier molecular flexibility index (Phi) is 5.00. The number of aromatic amines is 1.